The molecule has 0 bridgehead atoms. The van der Waals surface area contributed by atoms with Crippen LogP contribution in [0.2, 0.25) is 0 Å². The Morgan fingerprint density at radius 1 is 1.40 bits per heavy atom. The van der Waals surface area contributed by atoms with Crippen LogP contribution in [0.1, 0.15) is 19.5 Å². The van der Waals surface area contributed by atoms with E-state index in [2.05, 4.69) is 20.6 Å². The zero-order valence-corrected chi connectivity index (χ0v) is 12.4. The van der Waals surface area contributed by atoms with Gasteiger partial charge in [-0.05, 0) is 20.8 Å². The molecule has 0 aromatic carbocycles. The number of ether oxygens (including phenoxy) is 2. The molecule has 1 aromatic heterocycles. The Labute approximate surface area is 119 Å². The second-order valence-corrected chi connectivity index (χ2v) is 4.53. The van der Waals surface area contributed by atoms with Gasteiger partial charge in [-0.3, -0.25) is 4.79 Å². The molecule has 2 N–H and O–H groups in total. The molecule has 0 unspecified atom stereocenters. The number of carbonyl (C=O) groups is 1. The first-order valence-electron chi connectivity index (χ1n) is 6.53. The molecule has 7 heteroatoms. The van der Waals surface area contributed by atoms with Crippen molar-refractivity contribution < 1.29 is 14.3 Å². The van der Waals surface area contributed by atoms with Crippen LogP contribution in [0.15, 0.2) is 6.07 Å². The van der Waals surface area contributed by atoms with Crippen molar-refractivity contribution >= 4 is 11.9 Å². The van der Waals surface area contributed by atoms with Gasteiger partial charge in [0.1, 0.15) is 0 Å². The van der Waals surface area contributed by atoms with Crippen molar-refractivity contribution in [3.63, 3.8) is 0 Å². The number of rotatable bonds is 8. The van der Waals surface area contributed by atoms with Gasteiger partial charge in [0.25, 0.3) is 0 Å². The minimum absolute atomic E-state index is 0.0366. The Morgan fingerprint density at radius 3 is 2.80 bits per heavy atom. The van der Waals surface area contributed by atoms with E-state index in [0.717, 1.165) is 5.69 Å². The number of hydrogen-bond donors (Lipinski definition) is 2. The predicted molar refractivity (Wildman–Crippen MR) is 75.9 cm³/mol. The monoisotopic (exact) mass is 282 g/mol. The SMILES string of the molecule is COCCNC(=O)CNc1nc(C)cc(OC(C)C)n1. The van der Waals surface area contributed by atoms with Crippen molar-refractivity contribution in [2.45, 2.75) is 26.9 Å². The molecule has 0 aliphatic carbocycles. The fraction of sp³-hybridized carbons (Fsp3) is 0.615. The van der Waals surface area contributed by atoms with E-state index in [4.69, 9.17) is 9.47 Å². The Balaban J connectivity index is 2.50. The van der Waals surface area contributed by atoms with Gasteiger partial charge in [-0.1, -0.05) is 0 Å². The Hall–Kier alpha value is -1.89. The highest BCUT2D eigenvalue weighted by molar-refractivity contribution is 5.80. The molecule has 0 spiro atoms. The molecule has 112 valence electrons. The van der Waals surface area contributed by atoms with Crippen LogP contribution < -0.4 is 15.4 Å². The molecule has 0 atom stereocenters. The van der Waals surface area contributed by atoms with Gasteiger partial charge < -0.3 is 20.1 Å². The lowest BCUT2D eigenvalue weighted by atomic mass is 10.4. The van der Waals surface area contributed by atoms with Gasteiger partial charge in [-0.25, -0.2) is 4.98 Å². The number of nitrogens with one attached hydrogen (secondary N) is 2. The van der Waals surface area contributed by atoms with Gasteiger partial charge in [0, 0.05) is 25.4 Å². The van der Waals surface area contributed by atoms with E-state index in [9.17, 15) is 4.79 Å². The lowest BCUT2D eigenvalue weighted by Crippen LogP contribution is -2.32. The van der Waals surface area contributed by atoms with Crippen LogP contribution >= 0.6 is 0 Å². The highest BCUT2D eigenvalue weighted by atomic mass is 16.5. The molecule has 1 rings (SSSR count). The molecule has 0 aliphatic heterocycles. The van der Waals surface area contributed by atoms with E-state index in [1.54, 1.807) is 13.2 Å². The van der Waals surface area contributed by atoms with E-state index in [1.807, 2.05) is 20.8 Å². The van der Waals surface area contributed by atoms with Gasteiger partial charge in [-0.15, -0.1) is 0 Å². The first-order valence-corrected chi connectivity index (χ1v) is 6.53. The van der Waals surface area contributed by atoms with E-state index >= 15 is 0 Å². The molecule has 0 fully saturated rings. The topological polar surface area (TPSA) is 85.4 Å². The molecule has 0 saturated heterocycles. The molecule has 0 aliphatic rings. The number of amides is 1. The maximum atomic E-state index is 11.5. The average Bonchev–Trinajstić information content (AvgIpc) is 2.35. The summed E-state index contributed by atoms with van der Waals surface area (Å²) in [4.78, 5) is 19.9. The molecular weight excluding hydrogens is 260 g/mol. The normalized spacial score (nSPS) is 10.4. The summed E-state index contributed by atoms with van der Waals surface area (Å²) in [5.41, 5.74) is 0.776. The minimum atomic E-state index is -0.140. The van der Waals surface area contributed by atoms with Crippen molar-refractivity contribution in [2.75, 3.05) is 32.1 Å². The molecule has 1 aromatic rings. The largest absolute Gasteiger partial charge is 0.475 e. The molecule has 0 radical (unpaired) electrons. The minimum Gasteiger partial charge on any atom is -0.475 e. The molecule has 20 heavy (non-hydrogen) atoms. The quantitative estimate of drug-likeness (QED) is 0.684. The summed E-state index contributed by atoms with van der Waals surface area (Å²) in [6.45, 7) is 6.76. The van der Waals surface area contributed by atoms with Crippen LogP contribution in [0.5, 0.6) is 5.88 Å². The van der Waals surface area contributed by atoms with Crippen molar-refractivity contribution in [1.29, 1.82) is 0 Å². The van der Waals surface area contributed by atoms with E-state index in [1.165, 1.54) is 0 Å². The molecule has 7 nitrogen and oxygen atoms in total. The average molecular weight is 282 g/mol. The molecular formula is C13H22N4O3. The summed E-state index contributed by atoms with van der Waals surface area (Å²) in [6.07, 6.45) is 0.0366. The fourth-order valence-corrected chi connectivity index (χ4v) is 1.43. The number of anilines is 1. The van der Waals surface area contributed by atoms with Crippen LogP contribution in [0, 0.1) is 6.92 Å². The van der Waals surface area contributed by atoms with Crippen LogP contribution in [0.4, 0.5) is 5.95 Å². The maximum Gasteiger partial charge on any atom is 0.239 e. The first-order chi connectivity index (χ1) is 9.51. The van der Waals surface area contributed by atoms with Crippen molar-refractivity contribution in [3.05, 3.63) is 11.8 Å². The van der Waals surface area contributed by atoms with Crippen LogP contribution in [-0.2, 0) is 9.53 Å². The number of carbonyl (C=O) groups excluding carboxylic acids is 1. The number of aryl methyl sites for hydroxylation is 1. The number of hydrogen-bond acceptors (Lipinski definition) is 6. The fourth-order valence-electron chi connectivity index (χ4n) is 1.43. The summed E-state index contributed by atoms with van der Waals surface area (Å²) >= 11 is 0. The standard InChI is InChI=1S/C13H22N4O3/c1-9(2)20-12-7-10(3)16-13(17-12)15-8-11(18)14-5-6-19-4/h7,9H,5-6,8H2,1-4H3,(H,14,18)(H,15,16,17). The van der Waals surface area contributed by atoms with Crippen molar-refractivity contribution in [3.8, 4) is 5.88 Å². The van der Waals surface area contributed by atoms with Gasteiger partial charge in [0.05, 0.1) is 19.3 Å². The zero-order valence-electron chi connectivity index (χ0n) is 12.4. The van der Waals surface area contributed by atoms with E-state index < -0.39 is 0 Å². The molecule has 1 amide bonds. The third-order valence-electron chi connectivity index (χ3n) is 2.22. The lowest BCUT2D eigenvalue weighted by molar-refractivity contribution is -0.119. The second kappa shape index (κ2) is 8.31. The van der Waals surface area contributed by atoms with E-state index in [-0.39, 0.29) is 18.6 Å². The first kappa shape index (κ1) is 16.2. The Morgan fingerprint density at radius 2 is 2.15 bits per heavy atom. The Bertz CT molecular complexity index is 438. The Kier molecular flexibility index (Phi) is 6.72. The van der Waals surface area contributed by atoms with Crippen LogP contribution in [0.25, 0.3) is 0 Å². The second-order valence-electron chi connectivity index (χ2n) is 4.53. The van der Waals surface area contributed by atoms with Crippen LogP contribution in [0.3, 0.4) is 0 Å². The summed E-state index contributed by atoms with van der Waals surface area (Å²) in [5.74, 6) is 0.732. The third kappa shape index (κ3) is 6.33. The highest BCUT2D eigenvalue weighted by Gasteiger charge is 2.06. The van der Waals surface area contributed by atoms with E-state index in [0.29, 0.717) is 25.0 Å². The lowest BCUT2D eigenvalue weighted by Gasteiger charge is -2.11. The molecule has 1 heterocycles. The van der Waals surface area contributed by atoms with Gasteiger partial charge in [-0.2, -0.15) is 4.98 Å². The highest BCUT2D eigenvalue weighted by Crippen LogP contribution is 2.13. The summed E-state index contributed by atoms with van der Waals surface area (Å²) in [6, 6.07) is 1.75. The molecule has 0 saturated carbocycles. The van der Waals surface area contributed by atoms with Crippen LogP contribution in [-0.4, -0.2) is 48.8 Å². The number of aromatic nitrogens is 2. The number of nitrogens with zero attached hydrogens (tertiary/aromatic N) is 2. The summed E-state index contributed by atoms with van der Waals surface area (Å²) < 4.78 is 10.4. The third-order valence-corrected chi connectivity index (χ3v) is 2.22. The zero-order chi connectivity index (χ0) is 15.0. The van der Waals surface area contributed by atoms with Gasteiger partial charge in [0.15, 0.2) is 0 Å². The maximum absolute atomic E-state index is 11.5. The van der Waals surface area contributed by atoms with Gasteiger partial charge >= 0.3 is 0 Å². The number of methoxy groups -OCH3 is 1. The van der Waals surface area contributed by atoms with Crippen molar-refractivity contribution in [1.82, 2.24) is 15.3 Å². The smallest absolute Gasteiger partial charge is 0.239 e. The van der Waals surface area contributed by atoms with Crippen molar-refractivity contribution in [2.24, 2.45) is 0 Å². The summed E-state index contributed by atoms with van der Waals surface area (Å²) in [5, 5.41) is 5.57. The van der Waals surface area contributed by atoms with Gasteiger partial charge in [0.2, 0.25) is 17.7 Å². The predicted octanol–water partition coefficient (Wildman–Crippen LogP) is 0.747. The summed E-state index contributed by atoms with van der Waals surface area (Å²) in [7, 11) is 1.58.